The zero-order valence-electron chi connectivity index (χ0n) is 9.53. The van der Waals surface area contributed by atoms with Crippen molar-refractivity contribution in [3.05, 3.63) is 0 Å². The second-order valence-electron chi connectivity index (χ2n) is 5.08. The highest BCUT2D eigenvalue weighted by molar-refractivity contribution is 5.82. The predicted octanol–water partition coefficient (Wildman–Crippen LogP) is 0.361. The minimum absolute atomic E-state index is 0.134. The second-order valence-corrected chi connectivity index (χ2v) is 5.08. The van der Waals surface area contributed by atoms with E-state index in [-0.39, 0.29) is 17.6 Å². The topological polar surface area (TPSA) is 55.6 Å². The quantitative estimate of drug-likeness (QED) is 0.719. The van der Waals surface area contributed by atoms with Crippen molar-refractivity contribution in [3.63, 3.8) is 0 Å². The maximum Gasteiger partial charge on any atom is 0.251 e. The zero-order valence-corrected chi connectivity index (χ0v) is 9.53. The maximum absolute atomic E-state index is 11.9. The van der Waals surface area contributed by atoms with Crippen molar-refractivity contribution >= 4 is 5.91 Å². The van der Waals surface area contributed by atoms with E-state index in [2.05, 4.69) is 13.8 Å². The predicted molar refractivity (Wildman–Crippen MR) is 57.3 cm³/mol. The first-order valence-corrected chi connectivity index (χ1v) is 5.72. The Hall–Kier alpha value is -0.610. The van der Waals surface area contributed by atoms with E-state index < -0.39 is 0 Å². The number of hydrogen-bond acceptors (Lipinski definition) is 3. The molecule has 0 bridgehead atoms. The minimum Gasteiger partial charge on any atom is -0.368 e. The summed E-state index contributed by atoms with van der Waals surface area (Å²) >= 11 is 0. The Morgan fingerprint density at radius 2 is 2.20 bits per heavy atom. The fourth-order valence-electron chi connectivity index (χ4n) is 2.16. The average Bonchev–Trinajstić information content (AvgIpc) is 2.64. The summed E-state index contributed by atoms with van der Waals surface area (Å²) in [6, 6.07) is 0. The van der Waals surface area contributed by atoms with Gasteiger partial charge < -0.3 is 15.4 Å². The lowest BCUT2D eigenvalue weighted by Gasteiger charge is -2.50. The molecule has 0 saturated carbocycles. The average molecular weight is 212 g/mol. The SMILES string of the molecule is CC(C)C1(N)CN(C(=O)C2CCCO2)C1. The number of carbonyl (C=O) groups is 1. The number of rotatable bonds is 2. The van der Waals surface area contributed by atoms with Crippen LogP contribution in [0.25, 0.3) is 0 Å². The van der Waals surface area contributed by atoms with E-state index in [1.54, 1.807) is 0 Å². The van der Waals surface area contributed by atoms with Crippen LogP contribution in [-0.2, 0) is 9.53 Å². The van der Waals surface area contributed by atoms with Gasteiger partial charge in [-0.3, -0.25) is 4.79 Å². The molecule has 2 rings (SSSR count). The molecule has 0 spiro atoms. The molecule has 0 aromatic carbocycles. The largest absolute Gasteiger partial charge is 0.368 e. The molecule has 2 N–H and O–H groups in total. The molecule has 1 atom stereocenters. The van der Waals surface area contributed by atoms with Crippen molar-refractivity contribution in [3.8, 4) is 0 Å². The van der Waals surface area contributed by atoms with Gasteiger partial charge >= 0.3 is 0 Å². The number of nitrogens with two attached hydrogens (primary N) is 1. The van der Waals surface area contributed by atoms with E-state index in [0.29, 0.717) is 19.0 Å². The van der Waals surface area contributed by atoms with Crippen LogP contribution in [0.5, 0.6) is 0 Å². The Balaban J connectivity index is 1.86. The molecule has 2 saturated heterocycles. The molecule has 2 aliphatic rings. The van der Waals surface area contributed by atoms with Crippen LogP contribution in [0.3, 0.4) is 0 Å². The Bertz CT molecular complexity index is 253. The number of ether oxygens (including phenoxy) is 1. The smallest absolute Gasteiger partial charge is 0.251 e. The number of carbonyl (C=O) groups excluding carboxylic acids is 1. The zero-order chi connectivity index (χ0) is 11.1. The first-order chi connectivity index (χ1) is 7.03. The van der Waals surface area contributed by atoms with Crippen molar-refractivity contribution in [2.75, 3.05) is 19.7 Å². The molecule has 0 aromatic rings. The minimum atomic E-state index is -0.193. The standard InChI is InChI=1S/C11H20N2O2/c1-8(2)11(12)6-13(7-11)10(14)9-4-3-5-15-9/h8-9H,3-7,12H2,1-2H3. The van der Waals surface area contributed by atoms with E-state index in [4.69, 9.17) is 10.5 Å². The van der Waals surface area contributed by atoms with Gasteiger partial charge in [-0.2, -0.15) is 0 Å². The van der Waals surface area contributed by atoms with Gasteiger partial charge in [0.1, 0.15) is 6.10 Å². The van der Waals surface area contributed by atoms with Crippen molar-refractivity contribution in [1.82, 2.24) is 4.90 Å². The Morgan fingerprint density at radius 3 is 2.67 bits per heavy atom. The Labute approximate surface area is 90.8 Å². The lowest BCUT2D eigenvalue weighted by Crippen LogP contribution is -2.72. The molecule has 1 unspecified atom stereocenters. The molecular formula is C11H20N2O2. The number of amides is 1. The molecule has 86 valence electrons. The fourth-order valence-corrected chi connectivity index (χ4v) is 2.16. The number of hydrogen-bond donors (Lipinski definition) is 1. The lowest BCUT2D eigenvalue weighted by atomic mass is 9.80. The highest BCUT2D eigenvalue weighted by atomic mass is 16.5. The molecular weight excluding hydrogens is 192 g/mol. The van der Waals surface area contributed by atoms with Crippen LogP contribution >= 0.6 is 0 Å². The molecule has 4 nitrogen and oxygen atoms in total. The van der Waals surface area contributed by atoms with Crippen LogP contribution in [-0.4, -0.2) is 42.1 Å². The molecule has 0 aromatic heterocycles. The molecule has 15 heavy (non-hydrogen) atoms. The summed E-state index contributed by atoms with van der Waals surface area (Å²) in [4.78, 5) is 13.7. The second kappa shape index (κ2) is 3.76. The fraction of sp³-hybridized carbons (Fsp3) is 0.909. The van der Waals surface area contributed by atoms with E-state index in [0.717, 1.165) is 19.4 Å². The van der Waals surface area contributed by atoms with Crippen LogP contribution in [0.2, 0.25) is 0 Å². The van der Waals surface area contributed by atoms with Crippen molar-refractivity contribution < 1.29 is 9.53 Å². The molecule has 4 heteroatoms. The van der Waals surface area contributed by atoms with Gasteiger partial charge in [0.2, 0.25) is 0 Å². The Morgan fingerprint density at radius 1 is 1.53 bits per heavy atom. The van der Waals surface area contributed by atoms with Crippen molar-refractivity contribution in [2.45, 2.75) is 38.3 Å². The number of nitrogens with zero attached hydrogens (tertiary/aromatic N) is 1. The first-order valence-electron chi connectivity index (χ1n) is 5.72. The van der Waals surface area contributed by atoms with E-state index in [1.165, 1.54) is 0 Å². The van der Waals surface area contributed by atoms with Gasteiger partial charge in [0.25, 0.3) is 5.91 Å². The highest BCUT2D eigenvalue weighted by Gasteiger charge is 2.46. The molecule has 0 aliphatic carbocycles. The number of likely N-dealkylation sites (tertiary alicyclic amines) is 1. The van der Waals surface area contributed by atoms with Gasteiger partial charge in [-0.25, -0.2) is 0 Å². The van der Waals surface area contributed by atoms with Crippen LogP contribution in [0.15, 0.2) is 0 Å². The van der Waals surface area contributed by atoms with Gasteiger partial charge in [0, 0.05) is 19.7 Å². The van der Waals surface area contributed by atoms with Crippen molar-refractivity contribution in [2.24, 2.45) is 11.7 Å². The Kier molecular flexibility index (Phi) is 2.73. The van der Waals surface area contributed by atoms with Gasteiger partial charge in [-0.15, -0.1) is 0 Å². The van der Waals surface area contributed by atoms with Crippen LogP contribution in [0.1, 0.15) is 26.7 Å². The summed E-state index contributed by atoms with van der Waals surface area (Å²) in [6.45, 7) is 6.30. The molecule has 2 fully saturated rings. The van der Waals surface area contributed by atoms with Gasteiger partial charge in [0.15, 0.2) is 0 Å². The maximum atomic E-state index is 11.9. The van der Waals surface area contributed by atoms with Gasteiger partial charge in [-0.1, -0.05) is 13.8 Å². The van der Waals surface area contributed by atoms with Gasteiger partial charge in [0.05, 0.1) is 5.54 Å². The molecule has 2 aliphatic heterocycles. The van der Waals surface area contributed by atoms with Gasteiger partial charge in [-0.05, 0) is 18.8 Å². The van der Waals surface area contributed by atoms with Crippen molar-refractivity contribution in [1.29, 1.82) is 0 Å². The van der Waals surface area contributed by atoms with E-state index in [9.17, 15) is 4.79 Å². The third-order valence-electron chi connectivity index (χ3n) is 3.64. The summed E-state index contributed by atoms with van der Waals surface area (Å²) in [5, 5.41) is 0. The van der Waals surface area contributed by atoms with Crippen LogP contribution in [0, 0.1) is 5.92 Å². The monoisotopic (exact) mass is 212 g/mol. The van der Waals surface area contributed by atoms with E-state index >= 15 is 0 Å². The molecule has 0 radical (unpaired) electrons. The summed E-state index contributed by atoms with van der Waals surface area (Å²) < 4.78 is 5.37. The summed E-state index contributed by atoms with van der Waals surface area (Å²) in [5.41, 5.74) is 5.97. The summed E-state index contributed by atoms with van der Waals surface area (Å²) in [6.07, 6.45) is 1.68. The summed E-state index contributed by atoms with van der Waals surface area (Å²) in [7, 11) is 0. The highest BCUT2D eigenvalue weighted by Crippen LogP contribution is 2.28. The molecule has 2 heterocycles. The molecule has 1 amide bonds. The van der Waals surface area contributed by atoms with Crippen LogP contribution in [0.4, 0.5) is 0 Å². The van der Waals surface area contributed by atoms with E-state index in [1.807, 2.05) is 4.90 Å². The van der Waals surface area contributed by atoms with Crippen LogP contribution < -0.4 is 5.73 Å². The lowest BCUT2D eigenvalue weighted by molar-refractivity contribution is -0.150. The third-order valence-corrected chi connectivity index (χ3v) is 3.64. The normalized spacial score (nSPS) is 29.3. The summed E-state index contributed by atoms with van der Waals surface area (Å²) in [5.74, 6) is 0.556. The third kappa shape index (κ3) is 1.88. The first kappa shape index (κ1) is 10.9.